The Morgan fingerprint density at radius 2 is 1.93 bits per heavy atom. The number of amides is 1. The van der Waals surface area contributed by atoms with E-state index in [2.05, 4.69) is 6.07 Å². The van der Waals surface area contributed by atoms with Crippen molar-refractivity contribution < 1.29 is 9.53 Å². The lowest BCUT2D eigenvalue weighted by Crippen LogP contribution is -2.50. The van der Waals surface area contributed by atoms with Crippen molar-refractivity contribution in [2.75, 3.05) is 13.1 Å². The molecule has 1 saturated carbocycles. The average Bonchev–Trinajstić information content (AvgIpc) is 2.95. The van der Waals surface area contributed by atoms with E-state index in [1.165, 1.54) is 0 Å². The van der Waals surface area contributed by atoms with Crippen LogP contribution in [0.1, 0.15) is 26.7 Å². The fourth-order valence-corrected chi connectivity index (χ4v) is 2.14. The van der Waals surface area contributed by atoms with Gasteiger partial charge in [-0.25, -0.2) is 0 Å². The normalized spacial score (nSPS) is 33.3. The van der Waals surface area contributed by atoms with Gasteiger partial charge in [0.25, 0.3) is 0 Å². The van der Waals surface area contributed by atoms with Crippen molar-refractivity contribution in [2.45, 2.75) is 38.9 Å². The van der Waals surface area contributed by atoms with E-state index in [9.17, 15) is 4.79 Å². The summed E-state index contributed by atoms with van der Waals surface area (Å²) in [7, 11) is 0. The third kappa shape index (κ3) is 1.84. The van der Waals surface area contributed by atoms with E-state index in [0.29, 0.717) is 13.1 Å². The summed E-state index contributed by atoms with van der Waals surface area (Å²) in [5, 5.41) is 8.96. The number of rotatable bonds is 1. The van der Waals surface area contributed by atoms with Crippen LogP contribution in [0.15, 0.2) is 0 Å². The number of nitriles is 1. The van der Waals surface area contributed by atoms with Gasteiger partial charge in [0.05, 0.1) is 18.3 Å². The molecule has 1 heterocycles. The Kier molecular flexibility index (Phi) is 2.43. The largest absolute Gasteiger partial charge is 0.372 e. The molecule has 0 spiro atoms. The summed E-state index contributed by atoms with van der Waals surface area (Å²) >= 11 is 0. The Labute approximate surface area is 89.8 Å². The van der Waals surface area contributed by atoms with Crippen LogP contribution in [-0.2, 0) is 9.53 Å². The standard InChI is InChI=1S/C11H16N2O2/c1-8-5-13(6-9(2)15-8)10(14)11(7-12)3-4-11/h8-9H,3-6H2,1-2H3/t8-,9+. The summed E-state index contributed by atoms with van der Waals surface area (Å²) in [4.78, 5) is 13.8. The second kappa shape index (κ2) is 3.49. The molecule has 82 valence electrons. The summed E-state index contributed by atoms with van der Waals surface area (Å²) in [5.41, 5.74) is -0.684. The first kappa shape index (κ1) is 10.4. The van der Waals surface area contributed by atoms with E-state index in [1.54, 1.807) is 4.90 Å². The molecule has 0 aromatic rings. The molecule has 1 aliphatic heterocycles. The average molecular weight is 208 g/mol. The minimum atomic E-state index is -0.684. The highest BCUT2D eigenvalue weighted by Crippen LogP contribution is 2.46. The van der Waals surface area contributed by atoms with Crippen molar-refractivity contribution in [3.8, 4) is 6.07 Å². The monoisotopic (exact) mass is 208 g/mol. The molecule has 15 heavy (non-hydrogen) atoms. The maximum atomic E-state index is 12.1. The van der Waals surface area contributed by atoms with Crippen LogP contribution in [0.25, 0.3) is 0 Å². The number of carbonyl (C=O) groups is 1. The second-order valence-electron chi connectivity index (χ2n) is 4.66. The van der Waals surface area contributed by atoms with Crippen molar-refractivity contribution in [1.29, 1.82) is 5.26 Å². The molecule has 0 aromatic heterocycles. The number of nitrogens with zero attached hydrogens (tertiary/aromatic N) is 2. The number of hydrogen-bond donors (Lipinski definition) is 0. The van der Waals surface area contributed by atoms with Gasteiger partial charge >= 0.3 is 0 Å². The lowest BCUT2D eigenvalue weighted by molar-refractivity contribution is -0.146. The summed E-state index contributed by atoms with van der Waals surface area (Å²) < 4.78 is 5.56. The van der Waals surface area contributed by atoms with Gasteiger partial charge in [0.1, 0.15) is 5.41 Å². The highest BCUT2D eigenvalue weighted by atomic mass is 16.5. The van der Waals surface area contributed by atoms with Crippen molar-refractivity contribution >= 4 is 5.91 Å². The van der Waals surface area contributed by atoms with Gasteiger partial charge in [-0.2, -0.15) is 5.26 Å². The molecule has 2 aliphatic rings. The molecular weight excluding hydrogens is 192 g/mol. The number of carbonyl (C=O) groups excluding carboxylic acids is 1. The topological polar surface area (TPSA) is 53.3 Å². The first-order chi connectivity index (χ1) is 7.07. The van der Waals surface area contributed by atoms with Gasteiger partial charge in [-0.3, -0.25) is 4.79 Å². The van der Waals surface area contributed by atoms with Crippen LogP contribution >= 0.6 is 0 Å². The predicted octanol–water partition coefficient (Wildman–Crippen LogP) is 0.926. The molecule has 0 N–H and O–H groups in total. The molecule has 4 nitrogen and oxygen atoms in total. The van der Waals surface area contributed by atoms with Crippen LogP contribution in [0.3, 0.4) is 0 Å². The van der Waals surface area contributed by atoms with Crippen LogP contribution in [0, 0.1) is 16.7 Å². The molecule has 2 rings (SSSR count). The molecule has 1 saturated heterocycles. The van der Waals surface area contributed by atoms with Gasteiger partial charge in [0.2, 0.25) is 5.91 Å². The second-order valence-corrected chi connectivity index (χ2v) is 4.66. The third-order valence-electron chi connectivity index (χ3n) is 3.08. The van der Waals surface area contributed by atoms with Crippen LogP contribution in [0.5, 0.6) is 0 Å². The molecule has 1 amide bonds. The zero-order chi connectivity index (χ0) is 11.1. The first-order valence-electron chi connectivity index (χ1n) is 5.43. The highest BCUT2D eigenvalue weighted by molar-refractivity contribution is 5.88. The first-order valence-corrected chi connectivity index (χ1v) is 5.43. The molecule has 2 atom stereocenters. The molecule has 0 radical (unpaired) electrons. The van der Waals surface area contributed by atoms with E-state index in [1.807, 2.05) is 13.8 Å². The highest BCUT2D eigenvalue weighted by Gasteiger charge is 2.53. The Balaban J connectivity index is 2.05. The van der Waals surface area contributed by atoms with E-state index in [4.69, 9.17) is 10.00 Å². The predicted molar refractivity (Wildman–Crippen MR) is 53.9 cm³/mol. The van der Waals surface area contributed by atoms with Gasteiger partial charge in [-0.1, -0.05) is 0 Å². The van der Waals surface area contributed by atoms with E-state index in [-0.39, 0.29) is 18.1 Å². The molecule has 0 unspecified atom stereocenters. The Hall–Kier alpha value is -1.08. The van der Waals surface area contributed by atoms with Gasteiger partial charge in [-0.15, -0.1) is 0 Å². The van der Waals surface area contributed by atoms with Crippen molar-refractivity contribution in [2.24, 2.45) is 5.41 Å². The Morgan fingerprint density at radius 1 is 1.40 bits per heavy atom. The maximum absolute atomic E-state index is 12.1. The SMILES string of the molecule is C[C@@H]1CN(C(=O)C2(C#N)CC2)C[C@H](C)O1. The maximum Gasteiger partial charge on any atom is 0.243 e. The Morgan fingerprint density at radius 3 is 2.33 bits per heavy atom. The number of hydrogen-bond acceptors (Lipinski definition) is 3. The van der Waals surface area contributed by atoms with Gasteiger partial charge in [-0.05, 0) is 26.7 Å². The van der Waals surface area contributed by atoms with Crippen molar-refractivity contribution in [1.82, 2.24) is 4.90 Å². The summed E-state index contributed by atoms with van der Waals surface area (Å²) in [6.45, 7) is 5.16. The van der Waals surface area contributed by atoms with Crippen molar-refractivity contribution in [3.05, 3.63) is 0 Å². The molecular formula is C11H16N2O2. The molecule has 2 fully saturated rings. The number of ether oxygens (including phenoxy) is 1. The number of morpholine rings is 1. The fraction of sp³-hybridized carbons (Fsp3) is 0.818. The minimum Gasteiger partial charge on any atom is -0.372 e. The van der Waals surface area contributed by atoms with Crippen molar-refractivity contribution in [3.63, 3.8) is 0 Å². The van der Waals surface area contributed by atoms with Crippen LogP contribution < -0.4 is 0 Å². The molecule has 0 aromatic carbocycles. The fourth-order valence-electron chi connectivity index (χ4n) is 2.14. The van der Waals surface area contributed by atoms with E-state index < -0.39 is 5.41 Å². The lowest BCUT2D eigenvalue weighted by Gasteiger charge is -2.36. The molecule has 0 bridgehead atoms. The zero-order valence-electron chi connectivity index (χ0n) is 9.19. The van der Waals surface area contributed by atoms with Crippen LogP contribution in [0.4, 0.5) is 0 Å². The Bertz CT molecular complexity index is 307. The lowest BCUT2D eigenvalue weighted by atomic mass is 10.1. The minimum absolute atomic E-state index is 0.00648. The van der Waals surface area contributed by atoms with Gasteiger partial charge < -0.3 is 9.64 Å². The third-order valence-corrected chi connectivity index (χ3v) is 3.08. The molecule has 4 heteroatoms. The smallest absolute Gasteiger partial charge is 0.243 e. The summed E-state index contributed by atoms with van der Waals surface area (Å²) in [6, 6.07) is 2.15. The quantitative estimate of drug-likeness (QED) is 0.644. The summed E-state index contributed by atoms with van der Waals surface area (Å²) in [5.74, 6) is 0.00648. The van der Waals surface area contributed by atoms with Crippen LogP contribution in [-0.4, -0.2) is 36.1 Å². The van der Waals surface area contributed by atoms with Crippen LogP contribution in [0.2, 0.25) is 0 Å². The van der Waals surface area contributed by atoms with Gasteiger partial charge in [0.15, 0.2) is 0 Å². The van der Waals surface area contributed by atoms with E-state index >= 15 is 0 Å². The van der Waals surface area contributed by atoms with E-state index in [0.717, 1.165) is 12.8 Å². The summed E-state index contributed by atoms with van der Waals surface area (Å²) in [6.07, 6.45) is 1.60. The zero-order valence-corrected chi connectivity index (χ0v) is 9.19. The molecule has 1 aliphatic carbocycles. The van der Waals surface area contributed by atoms with Gasteiger partial charge in [0, 0.05) is 13.1 Å².